The van der Waals surface area contributed by atoms with Gasteiger partial charge in [-0.2, -0.15) is 0 Å². The summed E-state index contributed by atoms with van der Waals surface area (Å²) in [7, 11) is -1.67. The lowest BCUT2D eigenvalue weighted by molar-refractivity contribution is 0.443. The summed E-state index contributed by atoms with van der Waals surface area (Å²) >= 11 is 0. The zero-order valence-corrected chi connectivity index (χ0v) is 12.0. The Morgan fingerprint density at radius 2 is 1.78 bits per heavy atom. The highest BCUT2D eigenvalue weighted by Gasteiger charge is 2.22. The molecular weight excluding hydrogens is 248 g/mol. The number of benzene rings is 1. The number of hydrogen-bond donors (Lipinski definition) is 1. The average molecular weight is 270 g/mol. The van der Waals surface area contributed by atoms with E-state index < -0.39 is 10.0 Å². The van der Waals surface area contributed by atoms with Crippen molar-refractivity contribution < 1.29 is 8.42 Å². The van der Waals surface area contributed by atoms with Crippen LogP contribution in [0.1, 0.15) is 25.3 Å². The van der Waals surface area contributed by atoms with E-state index in [0.717, 1.165) is 5.56 Å². The van der Waals surface area contributed by atoms with Gasteiger partial charge in [-0.25, -0.2) is 12.7 Å². The van der Waals surface area contributed by atoms with E-state index in [0.29, 0.717) is 6.54 Å². The average Bonchev–Trinajstić information content (AvgIpc) is 2.28. The largest absolute Gasteiger partial charge is 0.327 e. The number of nitrogens with zero attached hydrogens (tertiary/aromatic N) is 1. The highest BCUT2D eigenvalue weighted by Crippen LogP contribution is 2.18. The van der Waals surface area contributed by atoms with Crippen LogP contribution in [0.15, 0.2) is 30.3 Å². The molecule has 0 aliphatic carbocycles. The van der Waals surface area contributed by atoms with Crippen molar-refractivity contribution in [3.05, 3.63) is 35.9 Å². The number of likely N-dealkylation sites (N-methyl/N-ethyl adjacent to an activating group) is 1. The normalized spacial score (nSPS) is 15.6. The van der Waals surface area contributed by atoms with E-state index in [1.165, 1.54) is 4.31 Å². The van der Waals surface area contributed by atoms with Gasteiger partial charge in [-0.15, -0.1) is 0 Å². The molecule has 0 saturated carbocycles. The topological polar surface area (TPSA) is 63.4 Å². The first-order valence-corrected chi connectivity index (χ1v) is 7.68. The minimum atomic E-state index is -3.25. The molecule has 1 aromatic rings. The van der Waals surface area contributed by atoms with E-state index in [-0.39, 0.29) is 17.7 Å². The second-order valence-electron chi connectivity index (χ2n) is 4.85. The second kappa shape index (κ2) is 6.31. The molecule has 0 saturated heterocycles. The molecule has 0 aromatic heterocycles. The van der Waals surface area contributed by atoms with Gasteiger partial charge in [-0.1, -0.05) is 37.3 Å². The monoisotopic (exact) mass is 270 g/mol. The van der Waals surface area contributed by atoms with Crippen molar-refractivity contribution in [1.82, 2.24) is 4.31 Å². The van der Waals surface area contributed by atoms with Crippen molar-refractivity contribution in [3.8, 4) is 0 Å². The minimum Gasteiger partial charge on any atom is -0.327 e. The molecule has 1 rings (SSSR count). The minimum absolute atomic E-state index is 0.0215. The third kappa shape index (κ3) is 4.40. The van der Waals surface area contributed by atoms with Crippen molar-refractivity contribution in [3.63, 3.8) is 0 Å². The molecule has 0 aliphatic heterocycles. The summed E-state index contributed by atoms with van der Waals surface area (Å²) in [6, 6.07) is 9.51. The number of rotatable bonds is 6. The van der Waals surface area contributed by atoms with E-state index in [9.17, 15) is 8.42 Å². The first kappa shape index (κ1) is 15.1. The Hall–Kier alpha value is -0.910. The van der Waals surface area contributed by atoms with Gasteiger partial charge < -0.3 is 5.73 Å². The molecule has 0 amide bonds. The Morgan fingerprint density at radius 1 is 1.22 bits per heavy atom. The van der Waals surface area contributed by atoms with Gasteiger partial charge in [0.2, 0.25) is 10.0 Å². The fraction of sp³-hybridized carbons (Fsp3) is 0.538. The molecule has 0 aliphatic rings. The standard InChI is InChI=1S/C13H22N2O2S/c1-11(13-7-5-4-6-8-13)10-18(16,17)15(3)9-12(2)14/h4-8,11-12H,9-10,14H2,1-3H3. The zero-order chi connectivity index (χ0) is 13.8. The number of sulfonamides is 1. The lowest BCUT2D eigenvalue weighted by Gasteiger charge is -2.21. The summed E-state index contributed by atoms with van der Waals surface area (Å²) < 4.78 is 25.6. The van der Waals surface area contributed by atoms with Gasteiger partial charge in [-0.05, 0) is 18.4 Å². The van der Waals surface area contributed by atoms with Crippen molar-refractivity contribution >= 4 is 10.0 Å². The van der Waals surface area contributed by atoms with Crippen LogP contribution < -0.4 is 5.73 Å². The van der Waals surface area contributed by atoms with Crippen molar-refractivity contribution in [2.45, 2.75) is 25.8 Å². The van der Waals surface area contributed by atoms with Crippen LogP contribution >= 0.6 is 0 Å². The quantitative estimate of drug-likeness (QED) is 0.850. The second-order valence-corrected chi connectivity index (χ2v) is 6.97. The molecule has 2 atom stereocenters. The maximum absolute atomic E-state index is 12.1. The van der Waals surface area contributed by atoms with E-state index in [2.05, 4.69) is 0 Å². The molecule has 0 heterocycles. The first-order valence-electron chi connectivity index (χ1n) is 6.07. The lowest BCUT2D eigenvalue weighted by Crippen LogP contribution is -2.38. The molecular formula is C13H22N2O2S. The van der Waals surface area contributed by atoms with Crippen LogP contribution in [0.3, 0.4) is 0 Å². The summed E-state index contributed by atoms with van der Waals surface area (Å²) in [5.41, 5.74) is 6.66. The molecule has 2 unspecified atom stereocenters. The fourth-order valence-corrected chi connectivity index (χ4v) is 3.38. The molecule has 0 radical (unpaired) electrons. The van der Waals surface area contributed by atoms with Crippen LogP contribution in [0, 0.1) is 0 Å². The van der Waals surface area contributed by atoms with Crippen LogP contribution in [0.2, 0.25) is 0 Å². The molecule has 0 bridgehead atoms. The van der Waals surface area contributed by atoms with E-state index in [1.807, 2.05) is 37.3 Å². The predicted molar refractivity (Wildman–Crippen MR) is 74.9 cm³/mol. The third-order valence-electron chi connectivity index (χ3n) is 2.85. The molecule has 0 fully saturated rings. The van der Waals surface area contributed by atoms with Gasteiger partial charge in [0.15, 0.2) is 0 Å². The van der Waals surface area contributed by atoms with Crippen LogP contribution in [-0.4, -0.2) is 38.1 Å². The molecule has 102 valence electrons. The van der Waals surface area contributed by atoms with Crippen LogP contribution in [0.4, 0.5) is 0 Å². The fourth-order valence-electron chi connectivity index (χ4n) is 1.84. The SMILES string of the molecule is CC(N)CN(C)S(=O)(=O)CC(C)c1ccccc1. The number of hydrogen-bond acceptors (Lipinski definition) is 3. The summed E-state index contributed by atoms with van der Waals surface area (Å²) in [6.07, 6.45) is 0. The van der Waals surface area contributed by atoms with Crippen molar-refractivity contribution in [1.29, 1.82) is 0 Å². The summed E-state index contributed by atoms with van der Waals surface area (Å²) in [4.78, 5) is 0. The molecule has 18 heavy (non-hydrogen) atoms. The zero-order valence-electron chi connectivity index (χ0n) is 11.2. The highest BCUT2D eigenvalue weighted by atomic mass is 32.2. The predicted octanol–water partition coefficient (Wildman–Crippen LogP) is 1.40. The molecule has 0 spiro atoms. The van der Waals surface area contributed by atoms with Crippen LogP contribution in [-0.2, 0) is 10.0 Å². The van der Waals surface area contributed by atoms with E-state index in [1.54, 1.807) is 14.0 Å². The van der Waals surface area contributed by atoms with E-state index >= 15 is 0 Å². The maximum atomic E-state index is 12.1. The van der Waals surface area contributed by atoms with Gasteiger partial charge in [-0.3, -0.25) is 0 Å². The lowest BCUT2D eigenvalue weighted by atomic mass is 10.0. The smallest absolute Gasteiger partial charge is 0.214 e. The molecule has 5 heteroatoms. The Kier molecular flexibility index (Phi) is 5.31. The van der Waals surface area contributed by atoms with Crippen molar-refractivity contribution in [2.24, 2.45) is 5.73 Å². The van der Waals surface area contributed by atoms with Crippen molar-refractivity contribution in [2.75, 3.05) is 19.3 Å². The summed E-state index contributed by atoms with van der Waals surface area (Å²) in [5.74, 6) is 0.0898. The molecule has 2 N–H and O–H groups in total. The van der Waals surface area contributed by atoms with Gasteiger partial charge in [0, 0.05) is 19.6 Å². The summed E-state index contributed by atoms with van der Waals surface area (Å²) in [5, 5.41) is 0. The Bertz CT molecular complexity index is 457. The Morgan fingerprint density at radius 3 is 2.28 bits per heavy atom. The maximum Gasteiger partial charge on any atom is 0.214 e. The molecule has 4 nitrogen and oxygen atoms in total. The van der Waals surface area contributed by atoms with Gasteiger partial charge >= 0.3 is 0 Å². The molecule has 1 aromatic carbocycles. The van der Waals surface area contributed by atoms with Crippen LogP contribution in [0.5, 0.6) is 0 Å². The van der Waals surface area contributed by atoms with Crippen LogP contribution in [0.25, 0.3) is 0 Å². The Labute approximate surface area is 110 Å². The Balaban J connectivity index is 2.71. The summed E-state index contributed by atoms with van der Waals surface area (Å²) in [6.45, 7) is 4.07. The van der Waals surface area contributed by atoms with E-state index in [4.69, 9.17) is 5.73 Å². The third-order valence-corrected chi connectivity index (χ3v) is 4.87. The van der Waals surface area contributed by atoms with Gasteiger partial charge in [0.05, 0.1) is 5.75 Å². The van der Waals surface area contributed by atoms with Gasteiger partial charge in [0.25, 0.3) is 0 Å². The first-order chi connectivity index (χ1) is 8.33. The number of nitrogens with two attached hydrogens (primary N) is 1. The highest BCUT2D eigenvalue weighted by molar-refractivity contribution is 7.89. The van der Waals surface area contributed by atoms with Gasteiger partial charge in [0.1, 0.15) is 0 Å².